The molecule has 14 heavy (non-hydrogen) atoms. The lowest BCUT2D eigenvalue weighted by atomic mass is 10.2. The first-order chi connectivity index (χ1) is 6.95. The van der Waals surface area contributed by atoms with Crippen LogP contribution in [0.4, 0.5) is 0 Å². The van der Waals surface area contributed by atoms with Gasteiger partial charge in [-0.05, 0) is 11.6 Å². The molecule has 1 N–H and O–H groups in total. The van der Waals surface area contributed by atoms with Gasteiger partial charge in [-0.25, -0.2) is 4.99 Å². The van der Waals surface area contributed by atoms with E-state index in [0.29, 0.717) is 19.2 Å². The van der Waals surface area contributed by atoms with Gasteiger partial charge >= 0.3 is 0 Å². The van der Waals surface area contributed by atoms with E-state index in [9.17, 15) is 0 Å². The molecule has 3 heteroatoms. The van der Waals surface area contributed by atoms with Crippen LogP contribution in [-0.4, -0.2) is 12.6 Å². The number of nitrogens with one attached hydrogen (secondary N) is 1. The average Bonchev–Trinajstić information content (AvgIpc) is 2.29. The van der Waals surface area contributed by atoms with Crippen LogP contribution in [0.25, 0.3) is 0 Å². The van der Waals surface area contributed by atoms with Gasteiger partial charge in [0.2, 0.25) is 0 Å². The molecule has 72 valence electrons. The molecule has 1 aromatic rings. The van der Waals surface area contributed by atoms with Gasteiger partial charge in [-0.1, -0.05) is 30.3 Å². The summed E-state index contributed by atoms with van der Waals surface area (Å²) in [6, 6.07) is 10.7. The Morgan fingerprint density at radius 3 is 2.86 bits per heavy atom. The molecule has 3 nitrogen and oxygen atoms in total. The van der Waals surface area contributed by atoms with Crippen molar-refractivity contribution in [3.63, 3.8) is 0 Å². The minimum Gasteiger partial charge on any atom is -0.461 e. The number of hydrogen-bond acceptors (Lipinski definition) is 2. The molecule has 0 radical (unpaired) electrons. The lowest BCUT2D eigenvalue weighted by molar-refractivity contribution is 0.325. The Kier molecular flexibility index (Phi) is 2.81. The van der Waals surface area contributed by atoms with Crippen LogP contribution in [0, 0.1) is 0 Å². The van der Waals surface area contributed by atoms with Crippen molar-refractivity contribution in [2.45, 2.75) is 6.54 Å². The summed E-state index contributed by atoms with van der Waals surface area (Å²) < 4.78 is 5.25. The van der Waals surface area contributed by atoms with Crippen molar-refractivity contribution in [1.29, 1.82) is 0 Å². The Labute approximate surface area is 83.1 Å². The van der Waals surface area contributed by atoms with Gasteiger partial charge in [0.25, 0.3) is 6.02 Å². The van der Waals surface area contributed by atoms with Gasteiger partial charge < -0.3 is 10.1 Å². The maximum absolute atomic E-state index is 5.25. The van der Waals surface area contributed by atoms with Gasteiger partial charge in [-0.3, -0.25) is 0 Å². The summed E-state index contributed by atoms with van der Waals surface area (Å²) >= 11 is 0. The molecule has 0 saturated carbocycles. The second-order valence-corrected chi connectivity index (χ2v) is 2.96. The molecule has 0 amide bonds. The maximum Gasteiger partial charge on any atom is 0.289 e. The standard InChI is InChI=1S/C11H12N2O/c1-2-5-10(6-3-1)9-13-11-12-7-4-8-14-11/h1-7H,8-9H2,(H,12,13). The van der Waals surface area contributed by atoms with Crippen molar-refractivity contribution in [2.24, 2.45) is 4.99 Å². The molecule has 1 heterocycles. The molecule has 2 rings (SSSR count). The zero-order valence-corrected chi connectivity index (χ0v) is 7.81. The average molecular weight is 188 g/mol. The van der Waals surface area contributed by atoms with Crippen LogP contribution in [0.1, 0.15) is 5.56 Å². The topological polar surface area (TPSA) is 33.6 Å². The Bertz CT molecular complexity index is 344. The van der Waals surface area contributed by atoms with E-state index in [-0.39, 0.29) is 0 Å². The lowest BCUT2D eigenvalue weighted by Crippen LogP contribution is -2.24. The van der Waals surface area contributed by atoms with Crippen LogP contribution in [0.3, 0.4) is 0 Å². The van der Waals surface area contributed by atoms with E-state index in [2.05, 4.69) is 10.3 Å². The van der Waals surface area contributed by atoms with E-state index in [0.717, 1.165) is 0 Å². The number of rotatable bonds is 2. The van der Waals surface area contributed by atoms with E-state index >= 15 is 0 Å². The number of hydrogen-bond donors (Lipinski definition) is 1. The predicted octanol–water partition coefficient (Wildman–Crippen LogP) is 1.68. The molecule has 1 aromatic carbocycles. The quantitative estimate of drug-likeness (QED) is 0.766. The molecule has 1 aliphatic rings. The van der Waals surface area contributed by atoms with Gasteiger partial charge in [0.05, 0.1) is 6.54 Å². The fourth-order valence-corrected chi connectivity index (χ4v) is 1.18. The first-order valence-electron chi connectivity index (χ1n) is 4.58. The summed E-state index contributed by atoms with van der Waals surface area (Å²) in [7, 11) is 0. The van der Waals surface area contributed by atoms with E-state index in [1.807, 2.05) is 42.6 Å². The van der Waals surface area contributed by atoms with E-state index in [1.165, 1.54) is 5.56 Å². The maximum atomic E-state index is 5.25. The predicted molar refractivity (Wildman–Crippen MR) is 55.8 cm³/mol. The first-order valence-corrected chi connectivity index (χ1v) is 4.58. The van der Waals surface area contributed by atoms with Crippen molar-refractivity contribution in [1.82, 2.24) is 5.32 Å². The summed E-state index contributed by atoms with van der Waals surface area (Å²) in [6.07, 6.45) is 3.74. The van der Waals surface area contributed by atoms with Crippen molar-refractivity contribution in [2.75, 3.05) is 6.61 Å². The molecule has 0 saturated heterocycles. The fraction of sp³-hybridized carbons (Fsp3) is 0.182. The summed E-state index contributed by atoms with van der Waals surface area (Å²) in [5, 5.41) is 2.94. The molecule has 0 aromatic heterocycles. The molecule has 0 fully saturated rings. The highest BCUT2D eigenvalue weighted by Gasteiger charge is 1.99. The van der Waals surface area contributed by atoms with Crippen LogP contribution >= 0.6 is 0 Å². The van der Waals surface area contributed by atoms with Crippen molar-refractivity contribution >= 4 is 6.02 Å². The molecular weight excluding hydrogens is 176 g/mol. The van der Waals surface area contributed by atoms with E-state index in [4.69, 9.17) is 4.74 Å². The third-order valence-corrected chi connectivity index (χ3v) is 1.89. The summed E-state index contributed by atoms with van der Waals surface area (Å²) in [6.45, 7) is 1.25. The molecule has 1 aliphatic heterocycles. The number of nitrogens with zero attached hydrogens (tertiary/aromatic N) is 1. The number of ether oxygens (including phenoxy) is 1. The van der Waals surface area contributed by atoms with E-state index in [1.54, 1.807) is 0 Å². The Morgan fingerprint density at radius 2 is 2.14 bits per heavy atom. The van der Waals surface area contributed by atoms with Gasteiger partial charge in [0.15, 0.2) is 0 Å². The highest BCUT2D eigenvalue weighted by atomic mass is 16.5. The minimum absolute atomic E-state index is 0.594. The zero-order chi connectivity index (χ0) is 9.64. The van der Waals surface area contributed by atoms with Crippen LogP contribution in [0.5, 0.6) is 0 Å². The normalized spacial score (nSPS) is 17.6. The molecule has 0 atom stereocenters. The van der Waals surface area contributed by atoms with Crippen LogP contribution < -0.4 is 5.32 Å². The van der Waals surface area contributed by atoms with Gasteiger partial charge in [-0.15, -0.1) is 0 Å². The number of benzene rings is 1. The number of aliphatic imine (C=N–C) groups is 1. The Balaban J connectivity index is 1.96. The molecule has 0 aliphatic carbocycles. The molecule has 0 bridgehead atoms. The monoisotopic (exact) mass is 188 g/mol. The number of amidine groups is 1. The summed E-state index contributed by atoms with van der Waals surface area (Å²) in [4.78, 5) is 4.29. The summed E-state index contributed by atoms with van der Waals surface area (Å²) in [5.41, 5.74) is 1.18. The van der Waals surface area contributed by atoms with E-state index < -0.39 is 0 Å². The van der Waals surface area contributed by atoms with Crippen LogP contribution in [-0.2, 0) is 11.3 Å². The SMILES string of the molecule is C1=CNC(=NCc2ccccc2)OC1. The smallest absolute Gasteiger partial charge is 0.289 e. The highest BCUT2D eigenvalue weighted by molar-refractivity contribution is 5.75. The molecule has 0 unspecified atom stereocenters. The minimum atomic E-state index is 0.594. The first kappa shape index (κ1) is 8.81. The third-order valence-electron chi connectivity index (χ3n) is 1.89. The molecular formula is C11H12N2O. The van der Waals surface area contributed by atoms with Crippen molar-refractivity contribution < 1.29 is 4.74 Å². The second kappa shape index (κ2) is 4.46. The Morgan fingerprint density at radius 1 is 1.29 bits per heavy atom. The van der Waals surface area contributed by atoms with Crippen molar-refractivity contribution in [3.8, 4) is 0 Å². The van der Waals surface area contributed by atoms with Gasteiger partial charge in [0.1, 0.15) is 6.61 Å². The largest absolute Gasteiger partial charge is 0.461 e. The highest BCUT2D eigenvalue weighted by Crippen LogP contribution is 2.00. The van der Waals surface area contributed by atoms with Gasteiger partial charge in [0, 0.05) is 6.20 Å². The third kappa shape index (κ3) is 2.36. The van der Waals surface area contributed by atoms with Gasteiger partial charge in [-0.2, -0.15) is 0 Å². The Hall–Kier alpha value is -1.77. The second-order valence-electron chi connectivity index (χ2n) is 2.96. The summed E-state index contributed by atoms with van der Waals surface area (Å²) in [5.74, 6) is 0. The van der Waals surface area contributed by atoms with Crippen molar-refractivity contribution in [3.05, 3.63) is 48.2 Å². The lowest BCUT2D eigenvalue weighted by Gasteiger charge is -2.10. The van der Waals surface area contributed by atoms with Crippen LogP contribution in [0.2, 0.25) is 0 Å². The van der Waals surface area contributed by atoms with Crippen LogP contribution in [0.15, 0.2) is 47.6 Å². The fourth-order valence-electron chi connectivity index (χ4n) is 1.18. The zero-order valence-electron chi connectivity index (χ0n) is 7.81. The molecule has 0 spiro atoms.